The highest BCUT2D eigenvalue weighted by molar-refractivity contribution is 6.05. The normalized spacial score (nSPS) is 11.7. The fraction of sp³-hybridized carbons (Fsp3) is 0.304. The summed E-state index contributed by atoms with van der Waals surface area (Å²) in [6, 6.07) is 15.0. The van der Waals surface area contributed by atoms with Crippen molar-refractivity contribution < 1.29 is 18.0 Å². The van der Waals surface area contributed by atoms with E-state index in [0.29, 0.717) is 17.8 Å². The minimum atomic E-state index is -4.55. The van der Waals surface area contributed by atoms with Crippen LogP contribution in [0.5, 0.6) is 0 Å². The van der Waals surface area contributed by atoms with Crippen LogP contribution in [-0.4, -0.2) is 15.7 Å². The van der Waals surface area contributed by atoms with Crippen molar-refractivity contribution in [2.24, 2.45) is 0 Å². The minimum absolute atomic E-state index is 0.0426. The minimum Gasteiger partial charge on any atom is -0.321 e. The molecule has 0 radical (unpaired) electrons. The molecule has 3 aromatic rings. The number of alkyl halides is 3. The zero-order valence-electron chi connectivity index (χ0n) is 16.9. The summed E-state index contributed by atoms with van der Waals surface area (Å²) in [5.74, 6) is -0.635. The van der Waals surface area contributed by atoms with Crippen molar-refractivity contribution in [1.29, 1.82) is 0 Å². The van der Waals surface area contributed by atoms with Gasteiger partial charge in [-0.3, -0.25) is 9.48 Å². The SMILES string of the molecule is CC(C)c1nn(CCCc2ccccc2)cc1C(=O)Nc1ccccc1C(F)(F)F. The summed E-state index contributed by atoms with van der Waals surface area (Å²) in [4.78, 5) is 12.8. The monoisotopic (exact) mass is 415 g/mol. The average Bonchev–Trinajstić information content (AvgIpc) is 3.13. The van der Waals surface area contributed by atoms with Crippen LogP contribution < -0.4 is 5.32 Å². The fourth-order valence-corrected chi connectivity index (χ4v) is 3.27. The highest BCUT2D eigenvalue weighted by Crippen LogP contribution is 2.35. The topological polar surface area (TPSA) is 46.9 Å². The van der Waals surface area contributed by atoms with Crippen LogP contribution in [0.2, 0.25) is 0 Å². The molecular formula is C23H24F3N3O. The lowest BCUT2D eigenvalue weighted by molar-refractivity contribution is -0.136. The van der Waals surface area contributed by atoms with Gasteiger partial charge in [-0.1, -0.05) is 56.3 Å². The molecule has 1 aromatic heterocycles. The van der Waals surface area contributed by atoms with E-state index in [4.69, 9.17) is 0 Å². The number of halogens is 3. The molecule has 0 aliphatic rings. The van der Waals surface area contributed by atoms with Gasteiger partial charge in [-0.2, -0.15) is 18.3 Å². The number of anilines is 1. The molecule has 0 fully saturated rings. The number of rotatable bonds is 7. The fourth-order valence-electron chi connectivity index (χ4n) is 3.27. The molecule has 0 saturated carbocycles. The molecular weight excluding hydrogens is 391 g/mol. The first-order chi connectivity index (χ1) is 14.3. The molecule has 30 heavy (non-hydrogen) atoms. The predicted molar refractivity (Wildman–Crippen MR) is 110 cm³/mol. The van der Waals surface area contributed by atoms with Crippen LogP contribution >= 0.6 is 0 Å². The molecule has 4 nitrogen and oxygen atoms in total. The van der Waals surface area contributed by atoms with Crippen molar-refractivity contribution in [2.75, 3.05) is 5.32 Å². The first-order valence-electron chi connectivity index (χ1n) is 9.84. The number of para-hydroxylation sites is 1. The molecule has 1 heterocycles. The second-order valence-corrected chi connectivity index (χ2v) is 7.43. The van der Waals surface area contributed by atoms with Crippen molar-refractivity contribution in [3.05, 3.63) is 83.2 Å². The van der Waals surface area contributed by atoms with E-state index in [9.17, 15) is 18.0 Å². The molecule has 0 atom stereocenters. The molecule has 1 N–H and O–H groups in total. The number of amides is 1. The van der Waals surface area contributed by atoms with Gasteiger partial charge >= 0.3 is 6.18 Å². The molecule has 158 valence electrons. The highest BCUT2D eigenvalue weighted by Gasteiger charge is 2.34. The van der Waals surface area contributed by atoms with Crippen molar-refractivity contribution in [3.8, 4) is 0 Å². The third-order valence-electron chi connectivity index (χ3n) is 4.76. The van der Waals surface area contributed by atoms with E-state index in [0.717, 1.165) is 18.9 Å². The Morgan fingerprint density at radius 2 is 1.73 bits per heavy atom. The van der Waals surface area contributed by atoms with Crippen LogP contribution in [0.4, 0.5) is 18.9 Å². The Hall–Kier alpha value is -3.09. The van der Waals surface area contributed by atoms with Gasteiger partial charge in [-0.25, -0.2) is 0 Å². The van der Waals surface area contributed by atoms with Crippen LogP contribution in [0.3, 0.4) is 0 Å². The Morgan fingerprint density at radius 3 is 2.40 bits per heavy atom. The van der Waals surface area contributed by atoms with Gasteiger partial charge in [0.1, 0.15) is 0 Å². The van der Waals surface area contributed by atoms with Gasteiger partial charge in [0.2, 0.25) is 0 Å². The zero-order valence-corrected chi connectivity index (χ0v) is 16.9. The van der Waals surface area contributed by atoms with Gasteiger partial charge in [0.25, 0.3) is 5.91 Å². The lowest BCUT2D eigenvalue weighted by atomic mass is 10.1. The maximum atomic E-state index is 13.2. The molecule has 0 unspecified atom stereocenters. The van der Waals surface area contributed by atoms with Crippen molar-refractivity contribution in [2.45, 2.75) is 45.3 Å². The zero-order chi connectivity index (χ0) is 21.7. The van der Waals surface area contributed by atoms with Gasteiger partial charge in [-0.15, -0.1) is 0 Å². The molecule has 0 saturated heterocycles. The summed E-state index contributed by atoms with van der Waals surface area (Å²) in [5, 5.41) is 6.92. The Kier molecular flexibility index (Phi) is 6.59. The maximum Gasteiger partial charge on any atom is 0.418 e. The first-order valence-corrected chi connectivity index (χ1v) is 9.84. The maximum absolute atomic E-state index is 13.2. The summed E-state index contributed by atoms with van der Waals surface area (Å²) < 4.78 is 41.4. The number of hydrogen-bond donors (Lipinski definition) is 1. The third kappa shape index (κ3) is 5.28. The Morgan fingerprint density at radius 1 is 1.07 bits per heavy atom. The number of nitrogens with zero attached hydrogens (tertiary/aromatic N) is 2. The standard InChI is InChI=1S/C23H24F3N3O/c1-16(2)21-18(15-29(28-21)14-8-11-17-9-4-3-5-10-17)22(30)27-20-13-7-6-12-19(20)23(24,25)26/h3-7,9-10,12-13,15-16H,8,11,14H2,1-2H3,(H,27,30). The number of aryl methyl sites for hydroxylation is 2. The Bertz CT molecular complexity index is 994. The van der Waals surface area contributed by atoms with E-state index in [2.05, 4.69) is 22.5 Å². The van der Waals surface area contributed by atoms with Gasteiger partial charge in [0.15, 0.2) is 0 Å². The van der Waals surface area contributed by atoms with Crippen LogP contribution in [0.25, 0.3) is 0 Å². The highest BCUT2D eigenvalue weighted by atomic mass is 19.4. The van der Waals surface area contributed by atoms with E-state index >= 15 is 0 Å². The van der Waals surface area contributed by atoms with E-state index in [1.165, 1.54) is 23.8 Å². The van der Waals surface area contributed by atoms with Crippen molar-refractivity contribution in [1.82, 2.24) is 9.78 Å². The van der Waals surface area contributed by atoms with Gasteiger partial charge < -0.3 is 5.32 Å². The van der Waals surface area contributed by atoms with Gasteiger partial charge in [-0.05, 0) is 36.5 Å². The lowest BCUT2D eigenvalue weighted by Crippen LogP contribution is -2.17. The van der Waals surface area contributed by atoms with Crippen LogP contribution in [0.15, 0.2) is 60.8 Å². The molecule has 0 aliphatic heterocycles. The Balaban J connectivity index is 1.76. The first kappa shape index (κ1) is 21.6. The third-order valence-corrected chi connectivity index (χ3v) is 4.76. The second-order valence-electron chi connectivity index (χ2n) is 7.43. The number of carbonyl (C=O) groups excluding carboxylic acids is 1. The molecule has 0 bridgehead atoms. The smallest absolute Gasteiger partial charge is 0.321 e. The van der Waals surface area contributed by atoms with Crippen molar-refractivity contribution >= 4 is 11.6 Å². The largest absolute Gasteiger partial charge is 0.418 e. The molecule has 7 heteroatoms. The number of benzene rings is 2. The average molecular weight is 415 g/mol. The summed E-state index contributed by atoms with van der Waals surface area (Å²) in [7, 11) is 0. The summed E-state index contributed by atoms with van der Waals surface area (Å²) in [5.41, 5.74) is 0.940. The number of hydrogen-bond acceptors (Lipinski definition) is 2. The summed E-state index contributed by atoms with van der Waals surface area (Å²) in [6.45, 7) is 4.41. The van der Waals surface area contributed by atoms with Crippen LogP contribution in [0, 0.1) is 0 Å². The van der Waals surface area contributed by atoms with E-state index < -0.39 is 17.6 Å². The van der Waals surface area contributed by atoms with Gasteiger partial charge in [0.05, 0.1) is 22.5 Å². The van der Waals surface area contributed by atoms with Crippen LogP contribution in [0.1, 0.15) is 53.4 Å². The molecule has 2 aromatic carbocycles. The van der Waals surface area contributed by atoms with E-state index in [1.807, 2.05) is 32.0 Å². The molecule has 0 spiro atoms. The summed E-state index contributed by atoms with van der Waals surface area (Å²) >= 11 is 0. The van der Waals surface area contributed by atoms with Crippen molar-refractivity contribution in [3.63, 3.8) is 0 Å². The quantitative estimate of drug-likeness (QED) is 0.521. The molecule has 0 aliphatic carbocycles. The second kappa shape index (κ2) is 9.15. The van der Waals surface area contributed by atoms with Gasteiger partial charge in [0, 0.05) is 12.7 Å². The van der Waals surface area contributed by atoms with Crippen LogP contribution in [-0.2, 0) is 19.1 Å². The number of nitrogens with one attached hydrogen (secondary N) is 1. The van der Waals surface area contributed by atoms with E-state index in [1.54, 1.807) is 10.9 Å². The van der Waals surface area contributed by atoms with E-state index in [-0.39, 0.29) is 11.6 Å². The summed E-state index contributed by atoms with van der Waals surface area (Å²) in [6.07, 6.45) is -1.22. The molecule has 3 rings (SSSR count). The Labute approximate surface area is 173 Å². The number of carbonyl (C=O) groups is 1. The molecule has 1 amide bonds. The lowest BCUT2D eigenvalue weighted by Gasteiger charge is -2.13. The number of aromatic nitrogens is 2. The predicted octanol–water partition coefficient (Wildman–Crippen LogP) is 5.91.